The van der Waals surface area contributed by atoms with Crippen molar-refractivity contribution in [3.63, 3.8) is 0 Å². The van der Waals surface area contributed by atoms with E-state index in [1.165, 1.54) is 12.1 Å². The molecule has 0 fully saturated rings. The van der Waals surface area contributed by atoms with Gasteiger partial charge in [0.25, 0.3) is 0 Å². The molecule has 0 bridgehead atoms. The molecule has 2 aromatic rings. The molecule has 2 N–H and O–H groups in total. The maximum absolute atomic E-state index is 12.7. The second-order valence-corrected chi connectivity index (χ2v) is 3.11. The fraction of sp³-hybridized carbons (Fsp3) is 0.0909. The Balaban J connectivity index is 2.40. The molecule has 4 heteroatoms. The Morgan fingerprint density at radius 2 is 1.87 bits per heavy atom. The first-order chi connectivity index (χ1) is 7.29. The molecule has 0 spiro atoms. The first-order valence-electron chi connectivity index (χ1n) is 4.56. The minimum Gasteiger partial charge on any atom is -0.325 e. The third-order valence-corrected chi connectivity index (χ3v) is 2.03. The fourth-order valence-corrected chi connectivity index (χ4v) is 1.26. The van der Waals surface area contributed by atoms with Crippen LogP contribution in [0.2, 0.25) is 0 Å². The van der Waals surface area contributed by atoms with Gasteiger partial charge in [-0.05, 0) is 24.3 Å². The van der Waals surface area contributed by atoms with Crippen molar-refractivity contribution < 1.29 is 4.39 Å². The van der Waals surface area contributed by atoms with Crippen molar-refractivity contribution >= 4 is 0 Å². The summed E-state index contributed by atoms with van der Waals surface area (Å²) in [6.45, 7) is 0.349. The Kier molecular flexibility index (Phi) is 2.69. The predicted octanol–water partition coefficient (Wildman–Crippen LogP) is 1.74. The number of rotatable bonds is 2. The van der Waals surface area contributed by atoms with Gasteiger partial charge in [-0.25, -0.2) is 9.37 Å². The Morgan fingerprint density at radius 1 is 1.13 bits per heavy atom. The normalized spacial score (nSPS) is 10.3. The highest BCUT2D eigenvalue weighted by Gasteiger charge is 2.01. The molecule has 1 aromatic carbocycles. The van der Waals surface area contributed by atoms with Crippen molar-refractivity contribution in [1.82, 2.24) is 9.97 Å². The smallest absolute Gasteiger partial charge is 0.123 e. The molecule has 0 radical (unpaired) electrons. The number of hydrogen-bond donors (Lipinski definition) is 1. The second-order valence-electron chi connectivity index (χ2n) is 3.11. The van der Waals surface area contributed by atoms with Gasteiger partial charge in [0.15, 0.2) is 0 Å². The van der Waals surface area contributed by atoms with Gasteiger partial charge in [-0.15, -0.1) is 0 Å². The van der Waals surface area contributed by atoms with Crippen LogP contribution in [0.1, 0.15) is 5.69 Å². The van der Waals surface area contributed by atoms with E-state index in [0.717, 1.165) is 11.3 Å². The summed E-state index contributed by atoms with van der Waals surface area (Å²) in [6.07, 6.45) is 3.25. The summed E-state index contributed by atoms with van der Waals surface area (Å²) in [5, 5.41) is 0. The lowest BCUT2D eigenvalue weighted by molar-refractivity contribution is 0.628. The lowest BCUT2D eigenvalue weighted by atomic mass is 10.1. The molecule has 2 rings (SSSR count). The van der Waals surface area contributed by atoms with E-state index < -0.39 is 0 Å². The fourth-order valence-electron chi connectivity index (χ4n) is 1.26. The van der Waals surface area contributed by atoms with Gasteiger partial charge >= 0.3 is 0 Å². The van der Waals surface area contributed by atoms with Crippen LogP contribution in [0.15, 0.2) is 36.7 Å². The zero-order chi connectivity index (χ0) is 10.7. The third kappa shape index (κ3) is 2.16. The molecule has 0 aliphatic carbocycles. The summed E-state index contributed by atoms with van der Waals surface area (Å²) in [7, 11) is 0. The van der Waals surface area contributed by atoms with Gasteiger partial charge in [0.1, 0.15) is 5.82 Å². The molecular formula is C11H10FN3. The quantitative estimate of drug-likeness (QED) is 0.808. The second kappa shape index (κ2) is 4.14. The average Bonchev–Trinajstić information content (AvgIpc) is 2.30. The van der Waals surface area contributed by atoms with Crippen LogP contribution in [0.3, 0.4) is 0 Å². The van der Waals surface area contributed by atoms with Crippen molar-refractivity contribution in [2.75, 3.05) is 0 Å². The van der Waals surface area contributed by atoms with Crippen LogP contribution in [0.4, 0.5) is 4.39 Å². The van der Waals surface area contributed by atoms with Crippen LogP contribution in [0.25, 0.3) is 11.3 Å². The Bertz CT molecular complexity index is 454. The Labute approximate surface area is 86.8 Å². The molecule has 0 amide bonds. The third-order valence-electron chi connectivity index (χ3n) is 2.03. The van der Waals surface area contributed by atoms with Crippen LogP contribution < -0.4 is 5.73 Å². The predicted molar refractivity (Wildman–Crippen MR) is 55.3 cm³/mol. The molecule has 1 aromatic heterocycles. The molecule has 1 heterocycles. The number of benzene rings is 1. The lowest BCUT2D eigenvalue weighted by Gasteiger charge is -2.01. The van der Waals surface area contributed by atoms with E-state index in [9.17, 15) is 4.39 Å². The molecule has 0 atom stereocenters. The minimum absolute atomic E-state index is 0.262. The van der Waals surface area contributed by atoms with E-state index in [4.69, 9.17) is 5.73 Å². The van der Waals surface area contributed by atoms with Crippen molar-refractivity contribution in [1.29, 1.82) is 0 Å². The van der Waals surface area contributed by atoms with Crippen LogP contribution in [0, 0.1) is 5.82 Å². The van der Waals surface area contributed by atoms with Gasteiger partial charge in [-0.2, -0.15) is 0 Å². The van der Waals surface area contributed by atoms with Gasteiger partial charge in [-0.1, -0.05) is 0 Å². The first-order valence-corrected chi connectivity index (χ1v) is 4.56. The number of aromatic nitrogens is 2. The minimum atomic E-state index is -0.262. The maximum atomic E-state index is 12.7. The van der Waals surface area contributed by atoms with Gasteiger partial charge < -0.3 is 5.73 Å². The van der Waals surface area contributed by atoms with E-state index in [-0.39, 0.29) is 5.82 Å². The molecule has 3 nitrogen and oxygen atoms in total. The molecule has 0 aliphatic rings. The number of nitrogens with zero attached hydrogens (tertiary/aromatic N) is 2. The highest BCUT2D eigenvalue weighted by atomic mass is 19.1. The Hall–Kier alpha value is -1.81. The SMILES string of the molecule is NCc1cncc(-c2ccc(F)cc2)n1. The van der Waals surface area contributed by atoms with Crippen molar-refractivity contribution in [3.8, 4) is 11.3 Å². The van der Waals surface area contributed by atoms with Crippen LogP contribution >= 0.6 is 0 Å². The number of hydrogen-bond acceptors (Lipinski definition) is 3. The van der Waals surface area contributed by atoms with E-state index in [1.54, 1.807) is 24.5 Å². The maximum Gasteiger partial charge on any atom is 0.123 e. The Morgan fingerprint density at radius 3 is 2.53 bits per heavy atom. The van der Waals surface area contributed by atoms with Crippen LogP contribution in [-0.2, 0) is 6.54 Å². The summed E-state index contributed by atoms with van der Waals surface area (Å²) in [6, 6.07) is 6.12. The topological polar surface area (TPSA) is 51.8 Å². The number of halogens is 1. The summed E-state index contributed by atoms with van der Waals surface area (Å²) in [4.78, 5) is 8.30. The van der Waals surface area contributed by atoms with Gasteiger partial charge in [0.05, 0.1) is 17.6 Å². The molecule has 0 saturated carbocycles. The van der Waals surface area contributed by atoms with E-state index in [2.05, 4.69) is 9.97 Å². The molecule has 0 saturated heterocycles. The molecule has 0 unspecified atom stereocenters. The highest BCUT2D eigenvalue weighted by Crippen LogP contribution is 2.16. The van der Waals surface area contributed by atoms with Gasteiger partial charge in [0, 0.05) is 18.3 Å². The first kappa shape index (κ1) is 9.73. The lowest BCUT2D eigenvalue weighted by Crippen LogP contribution is -2.01. The molecule has 0 aliphatic heterocycles. The standard InChI is InChI=1S/C11H10FN3/c12-9-3-1-8(2-4-9)11-7-14-6-10(5-13)15-11/h1-4,6-7H,5,13H2. The molecule has 15 heavy (non-hydrogen) atoms. The van der Waals surface area contributed by atoms with Gasteiger partial charge in [-0.3, -0.25) is 4.98 Å². The van der Waals surface area contributed by atoms with Gasteiger partial charge in [0.2, 0.25) is 0 Å². The van der Waals surface area contributed by atoms with Crippen LogP contribution in [0.5, 0.6) is 0 Å². The summed E-state index contributed by atoms with van der Waals surface area (Å²) >= 11 is 0. The van der Waals surface area contributed by atoms with Crippen molar-refractivity contribution in [3.05, 3.63) is 48.2 Å². The van der Waals surface area contributed by atoms with E-state index in [0.29, 0.717) is 12.2 Å². The molecule has 76 valence electrons. The zero-order valence-corrected chi connectivity index (χ0v) is 8.02. The summed E-state index contributed by atoms with van der Waals surface area (Å²) < 4.78 is 12.7. The van der Waals surface area contributed by atoms with Crippen molar-refractivity contribution in [2.24, 2.45) is 5.73 Å². The highest BCUT2D eigenvalue weighted by molar-refractivity contribution is 5.57. The average molecular weight is 203 g/mol. The summed E-state index contributed by atoms with van der Waals surface area (Å²) in [5.74, 6) is -0.262. The van der Waals surface area contributed by atoms with E-state index in [1.807, 2.05) is 0 Å². The summed E-state index contributed by atoms with van der Waals surface area (Å²) in [5.41, 5.74) is 7.72. The monoisotopic (exact) mass is 203 g/mol. The largest absolute Gasteiger partial charge is 0.325 e. The molecular weight excluding hydrogens is 193 g/mol. The number of nitrogens with two attached hydrogens (primary N) is 1. The van der Waals surface area contributed by atoms with Crippen LogP contribution in [-0.4, -0.2) is 9.97 Å². The van der Waals surface area contributed by atoms with E-state index >= 15 is 0 Å². The zero-order valence-electron chi connectivity index (χ0n) is 8.02. The van der Waals surface area contributed by atoms with Crippen molar-refractivity contribution in [2.45, 2.75) is 6.54 Å².